The van der Waals surface area contributed by atoms with Crippen LogP contribution in [0, 0.1) is 6.92 Å². The van der Waals surface area contributed by atoms with Crippen molar-refractivity contribution in [2.45, 2.75) is 24.8 Å². The summed E-state index contributed by atoms with van der Waals surface area (Å²) in [5.74, 6) is 0.476. The molecular weight excluding hydrogens is 434 g/mol. The van der Waals surface area contributed by atoms with Crippen LogP contribution < -0.4 is 14.8 Å². The molecule has 0 spiro atoms. The second-order valence-corrected chi connectivity index (χ2v) is 9.66. The normalized spacial score (nSPS) is 17.7. The molecule has 2 amide bonds. The molecule has 0 radical (unpaired) electrons. The van der Waals surface area contributed by atoms with Crippen molar-refractivity contribution in [1.82, 2.24) is 9.21 Å². The van der Waals surface area contributed by atoms with E-state index in [1.807, 2.05) is 18.2 Å². The zero-order valence-corrected chi connectivity index (χ0v) is 18.7. The third-order valence-electron chi connectivity index (χ3n) is 5.48. The largest absolute Gasteiger partial charge is 0.482 e. The number of nitrogens with zero attached hydrogens (tertiary/aromatic N) is 2. The predicted octanol–water partition coefficient (Wildman–Crippen LogP) is 1.63. The van der Waals surface area contributed by atoms with Gasteiger partial charge in [0, 0.05) is 32.2 Å². The first-order valence-corrected chi connectivity index (χ1v) is 11.8. The third-order valence-corrected chi connectivity index (χ3v) is 7.52. The molecule has 2 heterocycles. The molecular formula is C22H25N3O6S. The molecule has 9 nitrogen and oxygen atoms in total. The number of benzene rings is 2. The van der Waals surface area contributed by atoms with E-state index in [-0.39, 0.29) is 49.5 Å². The molecule has 4 rings (SSSR count). The molecule has 2 aliphatic rings. The van der Waals surface area contributed by atoms with E-state index in [4.69, 9.17) is 9.47 Å². The molecule has 2 aliphatic heterocycles. The number of fused-ring (bicyclic) bond motifs is 1. The van der Waals surface area contributed by atoms with Crippen LogP contribution in [0.4, 0.5) is 5.69 Å². The lowest BCUT2D eigenvalue weighted by Gasteiger charge is -2.35. The summed E-state index contributed by atoms with van der Waals surface area (Å²) in [5.41, 5.74) is 0.971. The molecule has 170 valence electrons. The molecule has 1 atom stereocenters. The van der Waals surface area contributed by atoms with Crippen molar-refractivity contribution in [3.63, 3.8) is 0 Å². The highest BCUT2D eigenvalue weighted by Gasteiger charge is 2.34. The number of amides is 2. The first-order valence-electron chi connectivity index (χ1n) is 10.3. The predicted molar refractivity (Wildman–Crippen MR) is 117 cm³/mol. The molecule has 0 saturated carbocycles. The van der Waals surface area contributed by atoms with Gasteiger partial charge >= 0.3 is 0 Å². The Morgan fingerprint density at radius 3 is 2.50 bits per heavy atom. The van der Waals surface area contributed by atoms with Gasteiger partial charge in [0.05, 0.1) is 10.6 Å². The summed E-state index contributed by atoms with van der Waals surface area (Å²) in [6.07, 6.45) is -0.671. The van der Waals surface area contributed by atoms with Crippen LogP contribution >= 0.6 is 0 Å². The van der Waals surface area contributed by atoms with Gasteiger partial charge < -0.3 is 19.7 Å². The van der Waals surface area contributed by atoms with Gasteiger partial charge in [-0.1, -0.05) is 18.2 Å². The van der Waals surface area contributed by atoms with E-state index < -0.39 is 16.1 Å². The number of piperazine rings is 1. The summed E-state index contributed by atoms with van der Waals surface area (Å²) in [7, 11) is -3.79. The van der Waals surface area contributed by atoms with Crippen LogP contribution in [0.25, 0.3) is 0 Å². The van der Waals surface area contributed by atoms with E-state index in [2.05, 4.69) is 5.32 Å². The molecule has 2 aromatic rings. The fraction of sp³-hybridized carbons (Fsp3) is 0.364. The van der Waals surface area contributed by atoms with Crippen molar-refractivity contribution in [2.24, 2.45) is 0 Å². The summed E-state index contributed by atoms with van der Waals surface area (Å²) in [6, 6.07) is 12.1. The van der Waals surface area contributed by atoms with Gasteiger partial charge in [-0.3, -0.25) is 9.59 Å². The topological polar surface area (TPSA) is 105 Å². The summed E-state index contributed by atoms with van der Waals surface area (Å²) in [4.78, 5) is 26.0. The number of hydrogen-bond donors (Lipinski definition) is 1. The molecule has 2 aromatic carbocycles. The van der Waals surface area contributed by atoms with Crippen LogP contribution in [0.1, 0.15) is 12.5 Å². The Kier molecular flexibility index (Phi) is 6.07. The Labute approximate surface area is 187 Å². The second-order valence-electron chi connectivity index (χ2n) is 7.75. The molecule has 0 aliphatic carbocycles. The highest BCUT2D eigenvalue weighted by atomic mass is 32.2. The van der Waals surface area contributed by atoms with E-state index in [9.17, 15) is 18.0 Å². The van der Waals surface area contributed by atoms with Gasteiger partial charge in [-0.15, -0.1) is 0 Å². The van der Waals surface area contributed by atoms with Crippen molar-refractivity contribution >= 4 is 27.5 Å². The van der Waals surface area contributed by atoms with Crippen LogP contribution in [0.5, 0.6) is 11.5 Å². The summed E-state index contributed by atoms with van der Waals surface area (Å²) < 4.78 is 39.0. The number of carbonyl (C=O) groups excluding carboxylic acids is 2. The average Bonchev–Trinajstić information content (AvgIpc) is 2.78. The number of hydrogen-bond acceptors (Lipinski definition) is 6. The lowest BCUT2D eigenvalue weighted by molar-refractivity contribution is -0.139. The van der Waals surface area contributed by atoms with Crippen molar-refractivity contribution in [3.05, 3.63) is 48.0 Å². The Morgan fingerprint density at radius 2 is 1.81 bits per heavy atom. The molecule has 0 bridgehead atoms. The number of ether oxygens (including phenoxy) is 2. The fourth-order valence-electron chi connectivity index (χ4n) is 3.79. The van der Waals surface area contributed by atoms with E-state index >= 15 is 0 Å². The lowest BCUT2D eigenvalue weighted by atomic mass is 10.2. The minimum atomic E-state index is -3.79. The number of anilines is 1. The Hall–Kier alpha value is -3.11. The SMILES string of the molecule is Cc1cc2c(cc1S(=O)(=O)N1CCN(C(=O)C(C)Oc3ccccc3)CC1)OCC(=O)N2. The smallest absolute Gasteiger partial charge is 0.263 e. The molecule has 1 N–H and O–H groups in total. The monoisotopic (exact) mass is 459 g/mol. The lowest BCUT2D eigenvalue weighted by Crippen LogP contribution is -2.53. The Balaban J connectivity index is 1.42. The standard InChI is InChI=1S/C22H25N3O6S/c1-15-12-18-19(30-14-21(26)23-18)13-20(15)32(28,29)25-10-8-24(9-11-25)22(27)16(2)31-17-6-4-3-5-7-17/h3-7,12-13,16H,8-11,14H2,1-2H3,(H,23,26). The minimum absolute atomic E-state index is 0.132. The number of nitrogens with one attached hydrogen (secondary N) is 1. The van der Waals surface area contributed by atoms with Gasteiger partial charge in [0.1, 0.15) is 11.5 Å². The molecule has 1 saturated heterocycles. The van der Waals surface area contributed by atoms with Gasteiger partial charge in [-0.2, -0.15) is 4.31 Å². The quantitative estimate of drug-likeness (QED) is 0.729. The van der Waals surface area contributed by atoms with Gasteiger partial charge in [0.15, 0.2) is 12.7 Å². The Morgan fingerprint density at radius 1 is 1.12 bits per heavy atom. The van der Waals surface area contributed by atoms with Gasteiger partial charge in [0.2, 0.25) is 10.0 Å². The van der Waals surface area contributed by atoms with Crippen LogP contribution in [-0.2, 0) is 19.6 Å². The van der Waals surface area contributed by atoms with E-state index in [1.54, 1.807) is 36.9 Å². The summed E-state index contributed by atoms with van der Waals surface area (Å²) >= 11 is 0. The van der Waals surface area contributed by atoms with E-state index in [0.717, 1.165) is 0 Å². The average molecular weight is 460 g/mol. The van der Waals surface area contributed by atoms with E-state index in [0.29, 0.717) is 22.7 Å². The highest BCUT2D eigenvalue weighted by molar-refractivity contribution is 7.89. The zero-order valence-electron chi connectivity index (χ0n) is 17.9. The number of carbonyl (C=O) groups is 2. The second kappa shape index (κ2) is 8.79. The first-order chi connectivity index (χ1) is 15.3. The van der Waals surface area contributed by atoms with Gasteiger partial charge in [-0.05, 0) is 37.6 Å². The summed E-state index contributed by atoms with van der Waals surface area (Å²) in [5, 5.41) is 2.68. The number of aryl methyl sites for hydroxylation is 1. The van der Waals surface area contributed by atoms with Crippen molar-refractivity contribution in [1.29, 1.82) is 0 Å². The molecule has 0 aromatic heterocycles. The van der Waals surface area contributed by atoms with Crippen molar-refractivity contribution in [2.75, 3.05) is 38.1 Å². The van der Waals surface area contributed by atoms with E-state index in [1.165, 1.54) is 10.4 Å². The number of rotatable bonds is 5. The van der Waals surface area contributed by atoms with Crippen LogP contribution in [0.3, 0.4) is 0 Å². The summed E-state index contributed by atoms with van der Waals surface area (Å²) in [6.45, 7) is 4.12. The maximum atomic E-state index is 13.3. The third kappa shape index (κ3) is 4.42. The van der Waals surface area contributed by atoms with Crippen LogP contribution in [0.2, 0.25) is 0 Å². The zero-order chi connectivity index (χ0) is 22.9. The molecule has 1 unspecified atom stereocenters. The minimum Gasteiger partial charge on any atom is -0.482 e. The Bertz CT molecular complexity index is 1130. The van der Waals surface area contributed by atoms with Crippen molar-refractivity contribution in [3.8, 4) is 11.5 Å². The van der Waals surface area contributed by atoms with Crippen molar-refractivity contribution < 1.29 is 27.5 Å². The maximum Gasteiger partial charge on any atom is 0.263 e. The van der Waals surface area contributed by atoms with Gasteiger partial charge in [0.25, 0.3) is 11.8 Å². The highest BCUT2D eigenvalue weighted by Crippen LogP contribution is 2.34. The first kappa shape index (κ1) is 22.1. The number of sulfonamides is 1. The molecule has 32 heavy (non-hydrogen) atoms. The number of para-hydroxylation sites is 1. The molecule has 10 heteroatoms. The molecule has 1 fully saturated rings. The fourth-order valence-corrected chi connectivity index (χ4v) is 5.44. The van der Waals surface area contributed by atoms with Gasteiger partial charge in [-0.25, -0.2) is 8.42 Å². The van der Waals surface area contributed by atoms with Crippen LogP contribution in [-0.4, -0.2) is 68.3 Å². The van der Waals surface area contributed by atoms with Crippen LogP contribution in [0.15, 0.2) is 47.4 Å². The maximum absolute atomic E-state index is 13.3.